The summed E-state index contributed by atoms with van der Waals surface area (Å²) < 4.78 is 29.6. The normalized spacial score (nSPS) is 22.7. The Morgan fingerprint density at radius 2 is 1.96 bits per heavy atom. The molecule has 1 spiro atoms. The van der Waals surface area contributed by atoms with Crippen molar-refractivity contribution in [2.24, 2.45) is 5.41 Å². The average Bonchev–Trinajstić information content (AvgIpc) is 2.98. The van der Waals surface area contributed by atoms with Crippen LogP contribution >= 0.6 is 0 Å². The molecule has 3 rings (SSSR count). The molecular weight excluding hydrogens is 356 g/mol. The lowest BCUT2D eigenvalue weighted by atomic mass is 9.76. The van der Waals surface area contributed by atoms with Crippen molar-refractivity contribution < 1.29 is 22.5 Å². The Morgan fingerprint density at radius 1 is 1.31 bits per heavy atom. The topological polar surface area (TPSA) is 95.9 Å². The predicted molar refractivity (Wildman–Crippen MR) is 96.6 cm³/mol. The van der Waals surface area contributed by atoms with E-state index in [0.29, 0.717) is 19.5 Å². The molecule has 0 aliphatic carbocycles. The molecule has 0 bridgehead atoms. The van der Waals surface area contributed by atoms with Gasteiger partial charge in [0.15, 0.2) is 0 Å². The molecule has 2 aliphatic heterocycles. The fourth-order valence-corrected chi connectivity index (χ4v) is 4.78. The van der Waals surface area contributed by atoms with Crippen LogP contribution in [0.5, 0.6) is 0 Å². The van der Waals surface area contributed by atoms with Crippen molar-refractivity contribution in [3.05, 3.63) is 29.8 Å². The van der Waals surface area contributed by atoms with Gasteiger partial charge in [0.1, 0.15) is 0 Å². The molecule has 2 aliphatic rings. The second-order valence-electron chi connectivity index (χ2n) is 7.43. The van der Waals surface area contributed by atoms with Crippen molar-refractivity contribution in [3.63, 3.8) is 0 Å². The quantitative estimate of drug-likeness (QED) is 0.758. The predicted octanol–water partition coefficient (Wildman–Crippen LogP) is 2.21. The Kier molecular flexibility index (Phi) is 5.55. The minimum atomic E-state index is -3.72. The summed E-state index contributed by atoms with van der Waals surface area (Å²) >= 11 is 0. The Morgan fingerprint density at radius 3 is 2.58 bits per heavy atom. The van der Waals surface area contributed by atoms with E-state index >= 15 is 0 Å². The minimum Gasteiger partial charge on any atom is -0.465 e. The van der Waals surface area contributed by atoms with Crippen LogP contribution in [-0.4, -0.2) is 56.8 Å². The molecule has 2 heterocycles. The second kappa shape index (κ2) is 7.54. The highest BCUT2D eigenvalue weighted by atomic mass is 32.2. The number of rotatable bonds is 5. The van der Waals surface area contributed by atoms with Crippen LogP contribution in [0.4, 0.5) is 4.79 Å². The third-order valence-corrected chi connectivity index (χ3v) is 6.88. The van der Waals surface area contributed by atoms with Gasteiger partial charge in [-0.05, 0) is 50.2 Å². The molecule has 1 atom stereocenters. The maximum atomic E-state index is 12.2. The first-order valence-electron chi connectivity index (χ1n) is 8.97. The van der Waals surface area contributed by atoms with Crippen LogP contribution < -0.4 is 5.32 Å². The van der Waals surface area contributed by atoms with Crippen LogP contribution in [0, 0.1) is 12.3 Å². The highest BCUT2D eigenvalue weighted by Gasteiger charge is 2.41. The van der Waals surface area contributed by atoms with E-state index in [0.717, 1.165) is 31.4 Å². The average molecular weight is 382 g/mol. The van der Waals surface area contributed by atoms with Crippen LogP contribution in [0.25, 0.3) is 0 Å². The molecule has 1 aromatic carbocycles. The van der Waals surface area contributed by atoms with Gasteiger partial charge in [-0.1, -0.05) is 17.7 Å². The third kappa shape index (κ3) is 4.36. The second-order valence-corrected chi connectivity index (χ2v) is 9.04. The summed E-state index contributed by atoms with van der Waals surface area (Å²) in [5.74, 6) is 0. The lowest BCUT2D eigenvalue weighted by Crippen LogP contribution is -2.43. The summed E-state index contributed by atoms with van der Waals surface area (Å²) in [6, 6.07) is 6.83. The molecule has 1 aromatic rings. The molecule has 2 fully saturated rings. The zero-order valence-electron chi connectivity index (χ0n) is 15.0. The van der Waals surface area contributed by atoms with E-state index in [1.165, 1.54) is 4.90 Å². The fraction of sp³-hybridized carbons (Fsp3) is 0.611. The van der Waals surface area contributed by atoms with E-state index < -0.39 is 16.2 Å². The Hall–Kier alpha value is -1.64. The first kappa shape index (κ1) is 19.1. The number of nitrogens with zero attached hydrogens (tertiary/aromatic N) is 1. The number of carbonyl (C=O) groups is 1. The van der Waals surface area contributed by atoms with Gasteiger partial charge < -0.3 is 15.3 Å². The summed E-state index contributed by atoms with van der Waals surface area (Å²) in [6.07, 6.45) is 2.41. The number of hydrogen-bond acceptors (Lipinski definition) is 5. The minimum absolute atomic E-state index is 0.131. The van der Waals surface area contributed by atoms with Gasteiger partial charge in [-0.15, -0.1) is 0 Å². The van der Waals surface area contributed by atoms with Crippen molar-refractivity contribution in [3.8, 4) is 0 Å². The van der Waals surface area contributed by atoms with Crippen molar-refractivity contribution in [2.75, 3.05) is 26.2 Å². The zero-order chi connectivity index (χ0) is 18.8. The third-order valence-electron chi connectivity index (χ3n) is 5.55. The number of likely N-dealkylation sites (tertiary alicyclic amines) is 1. The Labute approximate surface area is 154 Å². The standard InChI is InChI=1S/C18H26N2O5S/c1-14-2-4-16(5-3-14)26(23,24)25-11-6-15-12-18(13-19-15)7-9-20(10-8-18)17(21)22/h2-5,15,19H,6-13H2,1H3,(H,21,22)/t15-/m1/s1. The molecule has 2 saturated heterocycles. The molecule has 0 saturated carbocycles. The molecule has 0 aromatic heterocycles. The monoisotopic (exact) mass is 382 g/mol. The van der Waals surface area contributed by atoms with Crippen LogP contribution in [0.15, 0.2) is 29.2 Å². The SMILES string of the molecule is Cc1ccc(S(=O)(=O)OCC[C@@H]2CC3(CCN(C(=O)O)CC3)CN2)cc1. The Balaban J connectivity index is 1.46. The summed E-state index contributed by atoms with van der Waals surface area (Å²) in [5.41, 5.74) is 1.13. The van der Waals surface area contributed by atoms with Gasteiger partial charge in [0.2, 0.25) is 0 Å². The van der Waals surface area contributed by atoms with Crippen molar-refractivity contribution >= 4 is 16.2 Å². The lowest BCUT2D eigenvalue weighted by molar-refractivity contribution is 0.0964. The summed E-state index contributed by atoms with van der Waals surface area (Å²) in [7, 11) is -3.72. The molecule has 0 radical (unpaired) electrons. The maximum Gasteiger partial charge on any atom is 0.407 e. The number of benzene rings is 1. The number of hydrogen-bond donors (Lipinski definition) is 2. The smallest absolute Gasteiger partial charge is 0.407 e. The van der Waals surface area contributed by atoms with Crippen molar-refractivity contribution in [1.82, 2.24) is 10.2 Å². The molecule has 7 nitrogen and oxygen atoms in total. The molecule has 1 amide bonds. The fourth-order valence-electron chi connectivity index (χ4n) is 3.86. The molecule has 8 heteroatoms. The van der Waals surface area contributed by atoms with Crippen molar-refractivity contribution in [2.45, 2.75) is 43.5 Å². The first-order valence-corrected chi connectivity index (χ1v) is 10.4. The van der Waals surface area contributed by atoms with Crippen LogP contribution in [0.1, 0.15) is 31.2 Å². The molecule has 26 heavy (non-hydrogen) atoms. The maximum absolute atomic E-state index is 12.2. The highest BCUT2D eigenvalue weighted by Crippen LogP contribution is 2.40. The lowest BCUT2D eigenvalue weighted by Gasteiger charge is -2.37. The van der Waals surface area contributed by atoms with Gasteiger partial charge >= 0.3 is 6.09 Å². The van der Waals surface area contributed by atoms with Gasteiger partial charge in [-0.2, -0.15) is 8.42 Å². The summed E-state index contributed by atoms with van der Waals surface area (Å²) in [6.45, 7) is 4.05. The van der Waals surface area contributed by atoms with Crippen LogP contribution in [0.3, 0.4) is 0 Å². The molecular formula is C18H26N2O5S. The zero-order valence-corrected chi connectivity index (χ0v) is 15.8. The number of piperidine rings is 1. The molecule has 0 unspecified atom stereocenters. The van der Waals surface area contributed by atoms with Crippen molar-refractivity contribution in [1.29, 1.82) is 0 Å². The number of aryl methyl sites for hydroxylation is 1. The number of nitrogens with one attached hydrogen (secondary N) is 1. The Bertz CT molecular complexity index is 739. The van der Waals surface area contributed by atoms with Crippen LogP contribution in [0.2, 0.25) is 0 Å². The van der Waals surface area contributed by atoms with Gasteiger partial charge in [-0.3, -0.25) is 4.18 Å². The molecule has 2 N–H and O–H groups in total. The van der Waals surface area contributed by atoms with Crippen LogP contribution in [-0.2, 0) is 14.3 Å². The van der Waals surface area contributed by atoms with E-state index in [4.69, 9.17) is 9.29 Å². The van der Waals surface area contributed by atoms with E-state index in [1.807, 2.05) is 6.92 Å². The first-order chi connectivity index (χ1) is 12.3. The highest BCUT2D eigenvalue weighted by molar-refractivity contribution is 7.86. The summed E-state index contributed by atoms with van der Waals surface area (Å²) in [4.78, 5) is 12.7. The number of carboxylic acid groups (broad SMARTS) is 1. The van der Waals surface area contributed by atoms with Gasteiger partial charge in [-0.25, -0.2) is 4.79 Å². The van der Waals surface area contributed by atoms with E-state index in [1.54, 1.807) is 24.3 Å². The van der Waals surface area contributed by atoms with E-state index in [2.05, 4.69) is 5.32 Å². The summed E-state index contributed by atoms with van der Waals surface area (Å²) in [5, 5.41) is 12.5. The largest absolute Gasteiger partial charge is 0.465 e. The van der Waals surface area contributed by atoms with Gasteiger partial charge in [0, 0.05) is 25.7 Å². The van der Waals surface area contributed by atoms with Gasteiger partial charge in [0.05, 0.1) is 11.5 Å². The number of amides is 1. The van der Waals surface area contributed by atoms with E-state index in [9.17, 15) is 13.2 Å². The van der Waals surface area contributed by atoms with Gasteiger partial charge in [0.25, 0.3) is 10.1 Å². The molecule has 144 valence electrons. The van der Waals surface area contributed by atoms with E-state index in [-0.39, 0.29) is 23.0 Å².